The molecule has 0 aliphatic rings. The molecule has 0 radical (unpaired) electrons. The highest BCUT2D eigenvalue weighted by atomic mass is 32.1. The van der Waals surface area contributed by atoms with Crippen molar-refractivity contribution in [1.29, 1.82) is 0 Å². The molecule has 4 nitrogen and oxygen atoms in total. The lowest BCUT2D eigenvalue weighted by atomic mass is 10.3. The fourth-order valence-corrected chi connectivity index (χ4v) is 2.82. The summed E-state index contributed by atoms with van der Waals surface area (Å²) in [7, 11) is 1.56. The number of thiophene rings is 2. The fraction of sp³-hybridized carbons (Fsp3) is 0.0769. The molecule has 2 amide bonds. The third kappa shape index (κ3) is 3.52. The molecular weight excluding hydrogens is 280 g/mol. The van der Waals surface area contributed by atoms with Crippen LogP contribution in [0.25, 0.3) is 6.08 Å². The van der Waals surface area contributed by atoms with E-state index in [1.807, 2.05) is 17.5 Å². The Morgan fingerprint density at radius 1 is 1.21 bits per heavy atom. The number of anilines is 1. The Morgan fingerprint density at radius 3 is 2.74 bits per heavy atom. The quantitative estimate of drug-likeness (QED) is 0.851. The number of nitrogens with one attached hydrogen (secondary N) is 2. The summed E-state index contributed by atoms with van der Waals surface area (Å²) in [6, 6.07) is 5.53. The zero-order valence-corrected chi connectivity index (χ0v) is 11.8. The first-order valence-electron chi connectivity index (χ1n) is 5.53. The summed E-state index contributed by atoms with van der Waals surface area (Å²) >= 11 is 2.88. The van der Waals surface area contributed by atoms with E-state index >= 15 is 0 Å². The van der Waals surface area contributed by atoms with Crippen LogP contribution in [-0.4, -0.2) is 18.9 Å². The monoisotopic (exact) mass is 292 g/mol. The second kappa shape index (κ2) is 6.31. The highest BCUT2D eigenvalue weighted by molar-refractivity contribution is 7.14. The van der Waals surface area contributed by atoms with E-state index in [-0.39, 0.29) is 11.8 Å². The van der Waals surface area contributed by atoms with Crippen LogP contribution < -0.4 is 10.6 Å². The maximum absolute atomic E-state index is 11.8. The molecule has 2 rings (SSSR count). The van der Waals surface area contributed by atoms with E-state index in [9.17, 15) is 9.59 Å². The Bertz CT molecular complexity index is 600. The molecule has 0 aliphatic heterocycles. The van der Waals surface area contributed by atoms with E-state index in [2.05, 4.69) is 10.6 Å². The normalized spacial score (nSPS) is 10.6. The minimum absolute atomic E-state index is 0.209. The minimum Gasteiger partial charge on any atom is -0.355 e. The SMILES string of the molecule is CNC(=O)c1ccsc1NC(=O)/C=C/c1cccs1. The summed E-state index contributed by atoms with van der Waals surface area (Å²) in [4.78, 5) is 24.3. The number of hydrogen-bond acceptors (Lipinski definition) is 4. The third-order valence-electron chi connectivity index (χ3n) is 2.32. The van der Waals surface area contributed by atoms with Gasteiger partial charge in [0.15, 0.2) is 0 Å². The Hall–Kier alpha value is -1.92. The Morgan fingerprint density at radius 2 is 2.05 bits per heavy atom. The van der Waals surface area contributed by atoms with E-state index in [4.69, 9.17) is 0 Å². The van der Waals surface area contributed by atoms with Crippen LogP contribution in [0.4, 0.5) is 5.00 Å². The number of hydrogen-bond donors (Lipinski definition) is 2. The van der Waals surface area contributed by atoms with Crippen LogP contribution in [0.15, 0.2) is 35.0 Å². The predicted octanol–water partition coefficient (Wildman–Crippen LogP) is 2.82. The largest absolute Gasteiger partial charge is 0.355 e. The van der Waals surface area contributed by atoms with Gasteiger partial charge in [0.1, 0.15) is 5.00 Å². The van der Waals surface area contributed by atoms with E-state index in [1.165, 1.54) is 17.4 Å². The molecule has 0 aliphatic carbocycles. The van der Waals surface area contributed by atoms with E-state index < -0.39 is 0 Å². The molecule has 0 saturated carbocycles. The van der Waals surface area contributed by atoms with Crippen LogP contribution >= 0.6 is 22.7 Å². The molecule has 0 unspecified atom stereocenters. The van der Waals surface area contributed by atoms with Crippen molar-refractivity contribution in [3.63, 3.8) is 0 Å². The van der Waals surface area contributed by atoms with Gasteiger partial charge in [0.05, 0.1) is 5.56 Å². The predicted molar refractivity (Wildman–Crippen MR) is 79.7 cm³/mol. The Labute approximate surface area is 118 Å². The Balaban J connectivity index is 2.03. The molecule has 0 aromatic carbocycles. The van der Waals surface area contributed by atoms with Gasteiger partial charge in [-0.15, -0.1) is 22.7 Å². The van der Waals surface area contributed by atoms with Gasteiger partial charge in [-0.05, 0) is 29.0 Å². The lowest BCUT2D eigenvalue weighted by Crippen LogP contribution is -2.19. The third-order valence-corrected chi connectivity index (χ3v) is 3.98. The topological polar surface area (TPSA) is 58.2 Å². The van der Waals surface area contributed by atoms with Gasteiger partial charge in [0.25, 0.3) is 5.91 Å². The van der Waals surface area contributed by atoms with Crippen LogP contribution in [0.2, 0.25) is 0 Å². The first-order chi connectivity index (χ1) is 9.20. The van der Waals surface area contributed by atoms with Gasteiger partial charge < -0.3 is 10.6 Å². The molecule has 0 atom stereocenters. The lowest BCUT2D eigenvalue weighted by molar-refractivity contribution is -0.111. The first-order valence-corrected chi connectivity index (χ1v) is 7.29. The van der Waals surface area contributed by atoms with E-state index in [0.717, 1.165) is 4.88 Å². The standard InChI is InChI=1S/C13H12N2O2S2/c1-14-12(17)10-6-8-19-13(10)15-11(16)5-4-9-3-2-7-18-9/h2-8H,1H3,(H,14,17)(H,15,16)/b5-4+. The molecule has 2 aromatic rings. The molecule has 98 valence electrons. The van der Waals surface area contributed by atoms with E-state index in [1.54, 1.807) is 35.9 Å². The number of carbonyl (C=O) groups excluding carboxylic acids is 2. The van der Waals surface area contributed by atoms with Crippen molar-refractivity contribution in [3.8, 4) is 0 Å². The molecular formula is C13H12N2O2S2. The summed E-state index contributed by atoms with van der Waals surface area (Å²) in [5.74, 6) is -0.459. The highest BCUT2D eigenvalue weighted by Crippen LogP contribution is 2.23. The molecule has 2 N–H and O–H groups in total. The first kappa shape index (κ1) is 13.5. The van der Waals surface area contributed by atoms with Gasteiger partial charge in [-0.25, -0.2) is 0 Å². The van der Waals surface area contributed by atoms with Crippen molar-refractivity contribution in [1.82, 2.24) is 5.32 Å². The van der Waals surface area contributed by atoms with Gasteiger partial charge in [-0.1, -0.05) is 6.07 Å². The van der Waals surface area contributed by atoms with Gasteiger partial charge >= 0.3 is 0 Å². The number of amides is 2. The molecule has 0 spiro atoms. The molecule has 0 fully saturated rings. The van der Waals surface area contributed by atoms with Crippen molar-refractivity contribution in [2.45, 2.75) is 0 Å². The van der Waals surface area contributed by atoms with E-state index in [0.29, 0.717) is 10.6 Å². The summed E-state index contributed by atoms with van der Waals surface area (Å²) in [5.41, 5.74) is 0.477. The van der Waals surface area contributed by atoms with Crippen LogP contribution in [0.5, 0.6) is 0 Å². The second-order valence-electron chi connectivity index (χ2n) is 3.58. The molecule has 2 heterocycles. The second-order valence-corrected chi connectivity index (χ2v) is 5.48. The maximum atomic E-state index is 11.8. The molecule has 0 bridgehead atoms. The van der Waals surface area contributed by atoms with Gasteiger partial charge in [-0.2, -0.15) is 0 Å². The van der Waals surface area contributed by atoms with Crippen LogP contribution in [0.1, 0.15) is 15.2 Å². The molecule has 0 saturated heterocycles. The zero-order chi connectivity index (χ0) is 13.7. The molecule has 19 heavy (non-hydrogen) atoms. The lowest BCUT2D eigenvalue weighted by Gasteiger charge is -2.02. The highest BCUT2D eigenvalue weighted by Gasteiger charge is 2.12. The van der Waals surface area contributed by atoms with Crippen molar-refractivity contribution in [3.05, 3.63) is 45.5 Å². The van der Waals surface area contributed by atoms with Crippen LogP contribution in [0, 0.1) is 0 Å². The Kier molecular flexibility index (Phi) is 4.48. The average molecular weight is 292 g/mol. The maximum Gasteiger partial charge on any atom is 0.254 e. The number of rotatable bonds is 4. The molecule has 2 aromatic heterocycles. The van der Waals surface area contributed by atoms with Crippen LogP contribution in [0.3, 0.4) is 0 Å². The van der Waals surface area contributed by atoms with Gasteiger partial charge in [0, 0.05) is 18.0 Å². The fourth-order valence-electron chi connectivity index (χ4n) is 1.42. The van der Waals surface area contributed by atoms with Gasteiger partial charge in [0.2, 0.25) is 5.91 Å². The smallest absolute Gasteiger partial charge is 0.254 e. The van der Waals surface area contributed by atoms with Crippen molar-refractivity contribution in [2.24, 2.45) is 0 Å². The summed E-state index contributed by atoms with van der Waals surface area (Å²) in [6.07, 6.45) is 3.20. The summed E-state index contributed by atoms with van der Waals surface area (Å²) < 4.78 is 0. The average Bonchev–Trinajstić information content (AvgIpc) is 3.06. The number of carbonyl (C=O) groups is 2. The minimum atomic E-state index is -0.249. The van der Waals surface area contributed by atoms with Crippen molar-refractivity contribution < 1.29 is 9.59 Å². The molecule has 6 heteroatoms. The van der Waals surface area contributed by atoms with Gasteiger partial charge in [-0.3, -0.25) is 9.59 Å². The summed E-state index contributed by atoms with van der Waals surface area (Å²) in [5, 5.41) is 9.51. The van der Waals surface area contributed by atoms with Crippen LogP contribution in [-0.2, 0) is 4.79 Å². The zero-order valence-electron chi connectivity index (χ0n) is 10.2. The van der Waals surface area contributed by atoms with Crippen molar-refractivity contribution >= 4 is 45.6 Å². The van der Waals surface area contributed by atoms with Crippen molar-refractivity contribution in [2.75, 3.05) is 12.4 Å². The summed E-state index contributed by atoms with van der Waals surface area (Å²) in [6.45, 7) is 0.